The van der Waals surface area contributed by atoms with Crippen molar-refractivity contribution >= 4 is 33.7 Å². The van der Waals surface area contributed by atoms with Gasteiger partial charge in [0.25, 0.3) is 0 Å². The van der Waals surface area contributed by atoms with E-state index in [0.717, 1.165) is 30.9 Å². The van der Waals surface area contributed by atoms with Gasteiger partial charge in [-0.1, -0.05) is 0 Å². The predicted octanol–water partition coefficient (Wildman–Crippen LogP) is -1.12. The molecule has 0 saturated carbocycles. The summed E-state index contributed by atoms with van der Waals surface area (Å²) in [6.07, 6.45) is 3.04. The van der Waals surface area contributed by atoms with Gasteiger partial charge in [0.05, 0.1) is 18.2 Å². The second-order valence-corrected chi connectivity index (χ2v) is 7.71. The first-order valence-corrected chi connectivity index (χ1v) is 9.74. The Morgan fingerprint density at radius 3 is 2.76 bits per heavy atom. The first-order valence-electron chi connectivity index (χ1n) is 6.69. The van der Waals surface area contributed by atoms with E-state index in [-0.39, 0.29) is 11.9 Å². The van der Waals surface area contributed by atoms with Gasteiger partial charge in [0.15, 0.2) is 0 Å². The zero-order chi connectivity index (χ0) is 15.9. The SMILES string of the molecule is CS(=O)(=O)NC(N)=NCCCC[C@H](N)C(=O)N1CCSC1. The lowest BCUT2D eigenvalue weighted by atomic mass is 10.1. The molecule has 1 atom stereocenters. The summed E-state index contributed by atoms with van der Waals surface area (Å²) in [7, 11) is -3.38. The highest BCUT2D eigenvalue weighted by atomic mass is 32.2. The minimum absolute atomic E-state index is 0.00163. The maximum Gasteiger partial charge on any atom is 0.240 e. The van der Waals surface area contributed by atoms with E-state index in [1.165, 1.54) is 0 Å². The molecular formula is C11H23N5O3S2. The highest BCUT2D eigenvalue weighted by molar-refractivity contribution is 7.99. The summed E-state index contributed by atoms with van der Waals surface area (Å²) in [5.41, 5.74) is 11.3. The van der Waals surface area contributed by atoms with Crippen molar-refractivity contribution in [3.05, 3.63) is 0 Å². The molecule has 0 aliphatic carbocycles. The Hall–Kier alpha value is -1.00. The summed E-state index contributed by atoms with van der Waals surface area (Å²) >= 11 is 1.73. The Morgan fingerprint density at radius 1 is 1.48 bits per heavy atom. The van der Waals surface area contributed by atoms with E-state index in [1.807, 2.05) is 0 Å². The molecule has 8 nitrogen and oxygen atoms in total. The van der Waals surface area contributed by atoms with E-state index < -0.39 is 16.1 Å². The molecular weight excluding hydrogens is 314 g/mol. The summed E-state index contributed by atoms with van der Waals surface area (Å²) in [5.74, 6) is 1.58. The van der Waals surface area contributed by atoms with Crippen LogP contribution in [0.2, 0.25) is 0 Å². The van der Waals surface area contributed by atoms with Crippen LogP contribution < -0.4 is 16.2 Å². The van der Waals surface area contributed by atoms with Crippen molar-refractivity contribution in [3.63, 3.8) is 0 Å². The monoisotopic (exact) mass is 337 g/mol. The molecule has 1 fully saturated rings. The molecule has 1 amide bonds. The number of amides is 1. The molecule has 1 aliphatic heterocycles. The predicted molar refractivity (Wildman–Crippen MR) is 85.3 cm³/mol. The smallest absolute Gasteiger partial charge is 0.240 e. The van der Waals surface area contributed by atoms with Gasteiger partial charge in [-0.25, -0.2) is 8.42 Å². The van der Waals surface area contributed by atoms with E-state index in [1.54, 1.807) is 16.7 Å². The average molecular weight is 337 g/mol. The van der Waals surface area contributed by atoms with Crippen molar-refractivity contribution in [3.8, 4) is 0 Å². The molecule has 0 aromatic carbocycles. The lowest BCUT2D eigenvalue weighted by Crippen LogP contribution is -2.42. The highest BCUT2D eigenvalue weighted by Crippen LogP contribution is 2.15. The minimum Gasteiger partial charge on any atom is -0.369 e. The number of aliphatic imine (C=N–C) groups is 1. The van der Waals surface area contributed by atoms with Crippen molar-refractivity contribution in [1.29, 1.82) is 0 Å². The number of hydrogen-bond acceptors (Lipinski definition) is 6. The molecule has 0 spiro atoms. The van der Waals surface area contributed by atoms with Crippen LogP contribution in [-0.2, 0) is 14.8 Å². The van der Waals surface area contributed by atoms with Gasteiger partial charge in [0.1, 0.15) is 0 Å². The maximum absolute atomic E-state index is 11.9. The minimum atomic E-state index is -3.38. The molecule has 1 rings (SSSR count). The van der Waals surface area contributed by atoms with E-state index in [0.29, 0.717) is 19.4 Å². The van der Waals surface area contributed by atoms with E-state index >= 15 is 0 Å². The molecule has 21 heavy (non-hydrogen) atoms. The Labute approximate surface area is 129 Å². The number of rotatable bonds is 7. The molecule has 122 valence electrons. The third kappa shape index (κ3) is 7.53. The average Bonchev–Trinajstić information content (AvgIpc) is 2.88. The number of nitrogens with zero attached hydrogens (tertiary/aromatic N) is 2. The van der Waals surface area contributed by atoms with Crippen LogP contribution in [0.4, 0.5) is 0 Å². The summed E-state index contributed by atoms with van der Waals surface area (Å²) in [6.45, 7) is 1.17. The van der Waals surface area contributed by atoms with Crippen LogP contribution in [0.1, 0.15) is 19.3 Å². The quantitative estimate of drug-likeness (QED) is 0.306. The molecule has 1 heterocycles. The van der Waals surface area contributed by atoms with E-state index in [9.17, 15) is 13.2 Å². The fourth-order valence-electron chi connectivity index (χ4n) is 1.84. The van der Waals surface area contributed by atoms with Gasteiger partial charge in [-0.15, -0.1) is 11.8 Å². The number of carbonyl (C=O) groups excluding carboxylic acids is 1. The van der Waals surface area contributed by atoms with Gasteiger partial charge in [-0.05, 0) is 19.3 Å². The molecule has 0 radical (unpaired) electrons. The normalized spacial score (nSPS) is 17.8. The van der Waals surface area contributed by atoms with Crippen molar-refractivity contribution in [2.45, 2.75) is 25.3 Å². The van der Waals surface area contributed by atoms with Crippen LogP contribution in [0.3, 0.4) is 0 Å². The van der Waals surface area contributed by atoms with Gasteiger partial charge in [0, 0.05) is 18.8 Å². The molecule has 5 N–H and O–H groups in total. The van der Waals surface area contributed by atoms with Crippen LogP contribution in [-0.4, -0.2) is 62.2 Å². The maximum atomic E-state index is 11.9. The lowest BCUT2D eigenvalue weighted by Gasteiger charge is -2.19. The summed E-state index contributed by atoms with van der Waals surface area (Å²) in [5, 5.41) is 0. The molecule has 0 unspecified atom stereocenters. The first-order chi connectivity index (χ1) is 9.79. The van der Waals surface area contributed by atoms with E-state index in [2.05, 4.69) is 9.71 Å². The molecule has 1 saturated heterocycles. The first kappa shape index (κ1) is 18.1. The van der Waals surface area contributed by atoms with Gasteiger partial charge < -0.3 is 16.4 Å². The Morgan fingerprint density at radius 2 is 2.19 bits per heavy atom. The number of hydrogen-bond donors (Lipinski definition) is 3. The summed E-state index contributed by atoms with van der Waals surface area (Å²) in [6, 6.07) is -0.473. The number of carbonyl (C=O) groups is 1. The topological polar surface area (TPSA) is 131 Å². The van der Waals surface area contributed by atoms with Gasteiger partial charge in [0.2, 0.25) is 21.9 Å². The van der Waals surface area contributed by atoms with Crippen molar-refractivity contribution in [1.82, 2.24) is 9.62 Å². The Bertz CT molecular complexity index is 474. The van der Waals surface area contributed by atoms with Crippen molar-refractivity contribution in [2.75, 3.05) is 31.0 Å². The zero-order valence-electron chi connectivity index (χ0n) is 12.1. The largest absolute Gasteiger partial charge is 0.369 e. The molecule has 0 aromatic rings. The molecule has 0 aromatic heterocycles. The number of sulfonamides is 1. The van der Waals surface area contributed by atoms with Crippen LogP contribution in [0.15, 0.2) is 4.99 Å². The van der Waals surface area contributed by atoms with Gasteiger partial charge >= 0.3 is 0 Å². The summed E-state index contributed by atoms with van der Waals surface area (Å²) in [4.78, 5) is 17.6. The van der Waals surface area contributed by atoms with Crippen LogP contribution in [0.25, 0.3) is 0 Å². The van der Waals surface area contributed by atoms with Crippen molar-refractivity contribution < 1.29 is 13.2 Å². The fourth-order valence-corrected chi connectivity index (χ4v) is 3.24. The standard InChI is InChI=1S/C11H23N5O3S2/c1-21(18,19)15-11(13)14-5-3-2-4-9(12)10(17)16-6-7-20-8-16/h9H,2-8,12H2,1H3,(H3,13,14,15)/t9-/m0/s1. The van der Waals surface area contributed by atoms with E-state index in [4.69, 9.17) is 11.5 Å². The second kappa shape index (κ2) is 8.44. The van der Waals surface area contributed by atoms with Gasteiger partial charge in [-0.3, -0.25) is 14.5 Å². The number of thioether (sulfide) groups is 1. The number of guanidine groups is 1. The van der Waals surface area contributed by atoms with Crippen LogP contribution >= 0.6 is 11.8 Å². The third-order valence-corrected chi connectivity index (χ3v) is 4.42. The fraction of sp³-hybridized carbons (Fsp3) is 0.818. The second-order valence-electron chi connectivity index (χ2n) is 4.88. The number of nitrogens with two attached hydrogens (primary N) is 2. The zero-order valence-corrected chi connectivity index (χ0v) is 13.8. The molecule has 1 aliphatic rings. The van der Waals surface area contributed by atoms with Gasteiger partial charge in [-0.2, -0.15) is 0 Å². The Balaban J connectivity index is 2.18. The number of nitrogens with one attached hydrogen (secondary N) is 1. The van der Waals surface area contributed by atoms with Crippen LogP contribution in [0.5, 0.6) is 0 Å². The Kier molecular flexibility index (Phi) is 7.26. The third-order valence-electron chi connectivity index (χ3n) is 2.88. The van der Waals surface area contributed by atoms with Crippen molar-refractivity contribution in [2.24, 2.45) is 16.5 Å². The van der Waals surface area contributed by atoms with Crippen LogP contribution in [0, 0.1) is 0 Å². The number of unbranched alkanes of at least 4 members (excludes halogenated alkanes) is 1. The lowest BCUT2D eigenvalue weighted by molar-refractivity contribution is -0.131. The summed E-state index contributed by atoms with van der Waals surface area (Å²) < 4.78 is 23.9. The highest BCUT2D eigenvalue weighted by Gasteiger charge is 2.23. The molecule has 10 heteroatoms. The molecule has 0 bridgehead atoms.